The van der Waals surface area contributed by atoms with Gasteiger partial charge in [0.15, 0.2) is 0 Å². The van der Waals surface area contributed by atoms with E-state index in [-0.39, 0.29) is 5.75 Å². The fourth-order valence-corrected chi connectivity index (χ4v) is 3.71. The highest BCUT2D eigenvalue weighted by Crippen LogP contribution is 2.31. The molecular formula is C22H25NO7. The summed E-state index contributed by atoms with van der Waals surface area (Å²) in [7, 11) is 0. The number of ether oxygens (including phenoxy) is 2. The van der Waals surface area contributed by atoms with Gasteiger partial charge in [-0.1, -0.05) is 24.3 Å². The second-order valence-corrected chi connectivity index (χ2v) is 7.43. The molecule has 5 N–H and O–H groups in total. The van der Waals surface area contributed by atoms with Crippen molar-refractivity contribution in [2.45, 2.75) is 43.7 Å². The molecule has 0 bridgehead atoms. The van der Waals surface area contributed by atoms with E-state index >= 15 is 0 Å². The first-order valence-electron chi connectivity index (χ1n) is 9.81. The minimum atomic E-state index is -1.50. The van der Waals surface area contributed by atoms with Crippen LogP contribution in [0.4, 0.5) is 0 Å². The molecule has 0 amide bonds. The number of hydrogen-bond donors (Lipinski definition) is 5. The summed E-state index contributed by atoms with van der Waals surface area (Å²) in [5.41, 5.74) is 1.87. The van der Waals surface area contributed by atoms with E-state index in [9.17, 15) is 25.5 Å². The van der Waals surface area contributed by atoms with E-state index in [4.69, 9.17) is 9.47 Å². The molecule has 0 spiro atoms. The van der Waals surface area contributed by atoms with Gasteiger partial charge in [0.1, 0.15) is 35.9 Å². The first kappa shape index (κ1) is 20.6. The minimum Gasteiger partial charge on any atom is -0.508 e. The molecule has 1 fully saturated rings. The normalized spacial score (nSPS) is 26.7. The number of fused-ring (bicyclic) bond motifs is 1. The number of benzene rings is 2. The van der Waals surface area contributed by atoms with Gasteiger partial charge in [-0.25, -0.2) is 0 Å². The third kappa shape index (κ3) is 4.00. The number of aliphatic hydroxyl groups excluding tert-OH is 4. The highest BCUT2D eigenvalue weighted by molar-refractivity contribution is 5.86. The Morgan fingerprint density at radius 1 is 0.933 bits per heavy atom. The summed E-state index contributed by atoms with van der Waals surface area (Å²) in [4.78, 5) is 0. The Kier molecular flexibility index (Phi) is 5.94. The SMILES string of the molecule is OC[C@H]1O[C@@H](Oc2cccc3ccn(CCc4ccc(O)cc4)c23)[C@H](O)[C@@H](O)[C@@H]1O. The van der Waals surface area contributed by atoms with E-state index in [2.05, 4.69) is 0 Å². The summed E-state index contributed by atoms with van der Waals surface area (Å²) in [5, 5.41) is 50.0. The topological polar surface area (TPSA) is 125 Å². The highest BCUT2D eigenvalue weighted by atomic mass is 16.7. The number of nitrogens with zero attached hydrogens (tertiary/aromatic N) is 1. The van der Waals surface area contributed by atoms with Crippen LogP contribution >= 0.6 is 0 Å². The van der Waals surface area contributed by atoms with Crippen molar-refractivity contribution in [2.75, 3.05) is 6.61 Å². The first-order valence-corrected chi connectivity index (χ1v) is 9.81. The van der Waals surface area contributed by atoms with Crippen molar-refractivity contribution in [3.63, 3.8) is 0 Å². The van der Waals surface area contributed by atoms with E-state index in [0.29, 0.717) is 12.3 Å². The molecule has 0 radical (unpaired) electrons. The molecule has 0 saturated carbocycles. The fourth-order valence-electron chi connectivity index (χ4n) is 3.71. The summed E-state index contributed by atoms with van der Waals surface area (Å²) in [6, 6.07) is 14.5. The standard InChI is InChI=1S/C22H25NO7/c24-12-17-19(26)20(27)21(28)22(30-17)29-16-3-1-2-14-9-11-23(18(14)16)10-8-13-4-6-15(25)7-5-13/h1-7,9,11,17,19-22,24-28H,8,10,12H2/t17-,19-,20+,21-,22-/m1/s1. The molecular weight excluding hydrogens is 390 g/mol. The second kappa shape index (κ2) is 8.63. The first-order chi connectivity index (χ1) is 14.5. The third-order valence-corrected chi connectivity index (χ3v) is 5.42. The average molecular weight is 415 g/mol. The van der Waals surface area contributed by atoms with Crippen molar-refractivity contribution >= 4 is 10.9 Å². The van der Waals surface area contributed by atoms with Crippen LogP contribution in [0.3, 0.4) is 0 Å². The molecule has 2 aromatic carbocycles. The molecule has 3 aromatic rings. The lowest BCUT2D eigenvalue weighted by Gasteiger charge is -2.39. The molecule has 8 heteroatoms. The van der Waals surface area contributed by atoms with Crippen LogP contribution in [0.1, 0.15) is 5.56 Å². The number of aliphatic hydroxyl groups is 4. The number of rotatable bonds is 6. The van der Waals surface area contributed by atoms with Crippen LogP contribution in [-0.4, -0.2) is 67.4 Å². The van der Waals surface area contributed by atoms with E-state index in [0.717, 1.165) is 22.9 Å². The summed E-state index contributed by atoms with van der Waals surface area (Å²) >= 11 is 0. The summed E-state index contributed by atoms with van der Waals surface area (Å²) in [6.07, 6.45) is -4.01. The van der Waals surface area contributed by atoms with Crippen LogP contribution in [0.2, 0.25) is 0 Å². The number of aryl methyl sites for hydroxylation is 2. The van der Waals surface area contributed by atoms with E-state index < -0.39 is 37.3 Å². The molecule has 1 aliphatic heterocycles. The molecule has 8 nitrogen and oxygen atoms in total. The Hall–Kier alpha value is -2.62. The maximum absolute atomic E-state index is 10.3. The van der Waals surface area contributed by atoms with Gasteiger partial charge >= 0.3 is 0 Å². The zero-order chi connectivity index (χ0) is 21.3. The van der Waals surface area contributed by atoms with E-state index in [1.807, 2.05) is 41.1 Å². The van der Waals surface area contributed by atoms with Gasteiger partial charge in [0, 0.05) is 18.1 Å². The van der Waals surface area contributed by atoms with E-state index in [1.165, 1.54) is 0 Å². The highest BCUT2D eigenvalue weighted by Gasteiger charge is 2.44. The second-order valence-electron chi connectivity index (χ2n) is 7.43. The summed E-state index contributed by atoms with van der Waals surface area (Å²) in [6.45, 7) is 0.140. The largest absolute Gasteiger partial charge is 0.508 e. The molecule has 1 aliphatic rings. The zero-order valence-electron chi connectivity index (χ0n) is 16.2. The molecule has 1 aromatic heterocycles. The van der Waals surface area contributed by atoms with Crippen LogP contribution < -0.4 is 4.74 Å². The van der Waals surface area contributed by atoms with Gasteiger partial charge in [0.2, 0.25) is 6.29 Å². The number of phenols is 1. The molecule has 4 rings (SSSR count). The van der Waals surface area contributed by atoms with Gasteiger partial charge < -0.3 is 39.6 Å². The number of aromatic hydroxyl groups is 1. The fraction of sp³-hybridized carbons (Fsp3) is 0.364. The third-order valence-electron chi connectivity index (χ3n) is 5.42. The van der Waals surface area contributed by atoms with Gasteiger partial charge in [-0.2, -0.15) is 0 Å². The molecule has 1 saturated heterocycles. The van der Waals surface area contributed by atoms with Crippen LogP contribution in [0, 0.1) is 0 Å². The Balaban J connectivity index is 1.57. The maximum atomic E-state index is 10.3. The van der Waals surface area contributed by atoms with Gasteiger partial charge in [0.25, 0.3) is 0 Å². The Morgan fingerprint density at radius 2 is 1.70 bits per heavy atom. The van der Waals surface area contributed by atoms with E-state index in [1.54, 1.807) is 18.2 Å². The smallest absolute Gasteiger partial charge is 0.229 e. The summed E-state index contributed by atoms with van der Waals surface area (Å²) in [5.74, 6) is 0.674. The molecule has 5 atom stereocenters. The van der Waals surface area contributed by atoms with Crippen LogP contribution in [0.5, 0.6) is 11.5 Å². The Bertz CT molecular complexity index is 985. The predicted octanol–water partition coefficient (Wildman–Crippen LogP) is 0.768. The van der Waals surface area contributed by atoms with Crippen molar-refractivity contribution in [3.05, 3.63) is 60.3 Å². The monoisotopic (exact) mass is 415 g/mol. The van der Waals surface area contributed by atoms with Gasteiger partial charge in [-0.05, 0) is 36.2 Å². The van der Waals surface area contributed by atoms with Crippen LogP contribution in [0.25, 0.3) is 10.9 Å². The summed E-state index contributed by atoms with van der Waals surface area (Å²) < 4.78 is 13.4. The van der Waals surface area contributed by atoms with Crippen LogP contribution in [0.15, 0.2) is 54.7 Å². The van der Waals surface area contributed by atoms with Crippen molar-refractivity contribution in [2.24, 2.45) is 0 Å². The molecule has 0 aliphatic carbocycles. The molecule has 30 heavy (non-hydrogen) atoms. The van der Waals surface area contributed by atoms with Crippen molar-refractivity contribution in [1.82, 2.24) is 4.57 Å². The quantitative estimate of drug-likeness (QED) is 0.403. The lowest BCUT2D eigenvalue weighted by molar-refractivity contribution is -0.277. The molecule has 160 valence electrons. The van der Waals surface area contributed by atoms with Crippen molar-refractivity contribution in [3.8, 4) is 11.5 Å². The Labute approximate surface area is 173 Å². The van der Waals surface area contributed by atoms with Gasteiger partial charge in [-0.15, -0.1) is 0 Å². The predicted molar refractivity (Wildman–Crippen MR) is 108 cm³/mol. The lowest BCUT2D eigenvalue weighted by atomic mass is 9.99. The van der Waals surface area contributed by atoms with Gasteiger partial charge in [0.05, 0.1) is 12.1 Å². The number of para-hydroxylation sites is 1. The van der Waals surface area contributed by atoms with Gasteiger partial charge in [-0.3, -0.25) is 0 Å². The average Bonchev–Trinajstić information content (AvgIpc) is 3.18. The zero-order valence-corrected chi connectivity index (χ0v) is 16.2. The van der Waals surface area contributed by atoms with Crippen LogP contribution in [-0.2, 0) is 17.7 Å². The number of phenolic OH excluding ortho intramolecular Hbond substituents is 1. The Morgan fingerprint density at radius 3 is 2.43 bits per heavy atom. The van der Waals surface area contributed by atoms with Crippen molar-refractivity contribution in [1.29, 1.82) is 0 Å². The van der Waals surface area contributed by atoms with Crippen molar-refractivity contribution < 1.29 is 35.0 Å². The number of hydrogen-bond acceptors (Lipinski definition) is 7. The molecule has 0 unspecified atom stereocenters. The molecule has 2 heterocycles. The maximum Gasteiger partial charge on any atom is 0.229 e. The minimum absolute atomic E-state index is 0.223. The number of aromatic nitrogens is 1. The lowest BCUT2D eigenvalue weighted by Crippen LogP contribution is -2.60.